The van der Waals surface area contributed by atoms with Crippen LogP contribution in [0.4, 0.5) is 0 Å². The molecule has 0 aliphatic heterocycles. The van der Waals surface area contributed by atoms with Gasteiger partial charge in [-0.3, -0.25) is 4.79 Å². The number of methoxy groups -OCH3 is 1. The van der Waals surface area contributed by atoms with Crippen molar-refractivity contribution in [3.63, 3.8) is 0 Å². The number of benzene rings is 1. The Balaban J connectivity index is 3.24. The second-order valence-electron chi connectivity index (χ2n) is 6.56. The van der Waals surface area contributed by atoms with Gasteiger partial charge in [-0.2, -0.15) is 0 Å². The first-order valence-electron chi connectivity index (χ1n) is 8.76. The molecule has 0 amide bonds. The van der Waals surface area contributed by atoms with Gasteiger partial charge in [-0.15, -0.1) is 0 Å². The number of carbonyl (C=O) groups excluding carboxylic acids is 1. The van der Waals surface area contributed by atoms with Crippen LogP contribution in [-0.4, -0.2) is 30.8 Å². The Hall–Kier alpha value is -2.82. The standard InChI is InChI=1S/C22H28O5/c1-15(2)6-9-19-12-18(8-11-21(24)25)13-20(22(19)26-5)10-7-16(3)14-27-17(4)23/h6-8,11-13H,9-10,14H2,1-5H3,(H,24,25)/b11-8+,16-7-. The summed E-state index contributed by atoms with van der Waals surface area (Å²) in [7, 11) is 1.63. The number of hydrogen-bond acceptors (Lipinski definition) is 4. The highest BCUT2D eigenvalue weighted by molar-refractivity contribution is 5.85. The van der Waals surface area contributed by atoms with Gasteiger partial charge in [0.05, 0.1) is 7.11 Å². The van der Waals surface area contributed by atoms with Crippen LogP contribution in [0.1, 0.15) is 44.4 Å². The van der Waals surface area contributed by atoms with Crippen LogP contribution in [0.25, 0.3) is 6.08 Å². The molecule has 27 heavy (non-hydrogen) atoms. The van der Waals surface area contributed by atoms with E-state index in [0.29, 0.717) is 12.8 Å². The van der Waals surface area contributed by atoms with E-state index in [-0.39, 0.29) is 12.6 Å². The topological polar surface area (TPSA) is 72.8 Å². The summed E-state index contributed by atoms with van der Waals surface area (Å²) in [6.07, 6.45) is 8.07. The molecular weight excluding hydrogens is 344 g/mol. The summed E-state index contributed by atoms with van der Waals surface area (Å²) in [6, 6.07) is 3.86. The summed E-state index contributed by atoms with van der Waals surface area (Å²) in [5.74, 6) is -0.517. The van der Waals surface area contributed by atoms with E-state index >= 15 is 0 Å². The highest BCUT2D eigenvalue weighted by Crippen LogP contribution is 2.29. The van der Waals surface area contributed by atoms with Gasteiger partial charge in [0.15, 0.2) is 0 Å². The number of allylic oxidation sites excluding steroid dienone is 3. The van der Waals surface area contributed by atoms with E-state index in [4.69, 9.17) is 14.6 Å². The van der Waals surface area contributed by atoms with E-state index in [1.165, 1.54) is 12.5 Å². The molecule has 0 aromatic heterocycles. The summed E-state index contributed by atoms with van der Waals surface area (Å²) in [6.45, 7) is 7.59. The molecule has 0 aliphatic rings. The van der Waals surface area contributed by atoms with Gasteiger partial charge < -0.3 is 14.6 Å². The zero-order valence-electron chi connectivity index (χ0n) is 16.7. The van der Waals surface area contributed by atoms with Crippen LogP contribution in [0.15, 0.2) is 41.5 Å². The molecule has 0 radical (unpaired) electrons. The van der Waals surface area contributed by atoms with Crippen LogP contribution >= 0.6 is 0 Å². The smallest absolute Gasteiger partial charge is 0.328 e. The first kappa shape index (κ1) is 22.2. The van der Waals surface area contributed by atoms with E-state index in [9.17, 15) is 9.59 Å². The molecule has 5 heteroatoms. The van der Waals surface area contributed by atoms with Gasteiger partial charge in [0.1, 0.15) is 12.4 Å². The molecule has 0 fully saturated rings. The van der Waals surface area contributed by atoms with Crippen molar-refractivity contribution >= 4 is 18.0 Å². The van der Waals surface area contributed by atoms with Crippen LogP contribution < -0.4 is 4.74 Å². The van der Waals surface area contributed by atoms with Crippen LogP contribution in [0.5, 0.6) is 5.75 Å². The molecule has 0 saturated carbocycles. The number of carboxylic acids is 1. The minimum absolute atomic E-state index is 0.251. The Morgan fingerprint density at radius 3 is 2.11 bits per heavy atom. The lowest BCUT2D eigenvalue weighted by molar-refractivity contribution is -0.140. The monoisotopic (exact) mass is 372 g/mol. The van der Waals surface area contributed by atoms with E-state index in [2.05, 4.69) is 6.08 Å². The third kappa shape index (κ3) is 8.40. The summed E-state index contributed by atoms with van der Waals surface area (Å²) >= 11 is 0. The third-order valence-corrected chi connectivity index (χ3v) is 3.79. The predicted octanol–water partition coefficient (Wildman–Crippen LogP) is 4.35. The van der Waals surface area contributed by atoms with Crippen LogP contribution in [0, 0.1) is 0 Å². The summed E-state index contributed by atoms with van der Waals surface area (Å²) in [5.41, 5.74) is 4.87. The zero-order chi connectivity index (χ0) is 20.4. The molecule has 0 saturated heterocycles. The van der Waals surface area contributed by atoms with Crippen molar-refractivity contribution in [2.45, 2.75) is 40.5 Å². The summed E-state index contributed by atoms with van der Waals surface area (Å²) in [4.78, 5) is 21.8. The maximum Gasteiger partial charge on any atom is 0.328 e. The predicted molar refractivity (Wildman–Crippen MR) is 107 cm³/mol. The molecule has 1 N–H and O–H groups in total. The van der Waals surface area contributed by atoms with Crippen LogP contribution in [0.2, 0.25) is 0 Å². The van der Waals surface area contributed by atoms with E-state index in [1.54, 1.807) is 13.2 Å². The lowest BCUT2D eigenvalue weighted by atomic mass is 9.98. The fourth-order valence-corrected chi connectivity index (χ4v) is 2.48. The van der Waals surface area contributed by atoms with E-state index < -0.39 is 5.97 Å². The van der Waals surface area contributed by atoms with Crippen molar-refractivity contribution < 1.29 is 24.2 Å². The normalized spacial score (nSPS) is 11.4. The minimum Gasteiger partial charge on any atom is -0.496 e. The average Bonchev–Trinajstić information content (AvgIpc) is 2.60. The van der Waals surface area contributed by atoms with Crippen molar-refractivity contribution in [2.24, 2.45) is 0 Å². The molecule has 0 heterocycles. The van der Waals surface area contributed by atoms with Crippen LogP contribution in [-0.2, 0) is 27.2 Å². The number of hydrogen-bond donors (Lipinski definition) is 1. The Morgan fingerprint density at radius 1 is 1.04 bits per heavy atom. The maximum absolute atomic E-state index is 10.9. The quantitative estimate of drug-likeness (QED) is 0.396. The number of esters is 1. The summed E-state index contributed by atoms with van der Waals surface area (Å²) in [5, 5.41) is 8.90. The largest absolute Gasteiger partial charge is 0.496 e. The van der Waals surface area contributed by atoms with Crippen molar-refractivity contribution in [3.05, 3.63) is 58.2 Å². The number of carbonyl (C=O) groups is 2. The molecule has 1 aromatic carbocycles. The lowest BCUT2D eigenvalue weighted by Crippen LogP contribution is -2.02. The Morgan fingerprint density at radius 2 is 1.63 bits per heavy atom. The maximum atomic E-state index is 10.9. The Kier molecular flexibility index (Phi) is 9.06. The van der Waals surface area contributed by atoms with Gasteiger partial charge in [-0.05, 0) is 74.1 Å². The number of carboxylic acid groups (broad SMARTS) is 1. The molecule has 5 nitrogen and oxygen atoms in total. The third-order valence-electron chi connectivity index (χ3n) is 3.79. The van der Waals surface area contributed by atoms with Crippen molar-refractivity contribution in [2.75, 3.05) is 13.7 Å². The van der Waals surface area contributed by atoms with Crippen molar-refractivity contribution in [3.8, 4) is 5.75 Å². The van der Waals surface area contributed by atoms with E-state index in [0.717, 1.165) is 34.1 Å². The first-order chi connectivity index (χ1) is 12.7. The highest BCUT2D eigenvalue weighted by Gasteiger charge is 2.10. The lowest BCUT2D eigenvalue weighted by Gasteiger charge is -2.14. The van der Waals surface area contributed by atoms with Crippen molar-refractivity contribution in [1.82, 2.24) is 0 Å². The first-order valence-corrected chi connectivity index (χ1v) is 8.76. The van der Waals surface area contributed by atoms with Gasteiger partial charge in [0.2, 0.25) is 0 Å². The van der Waals surface area contributed by atoms with Gasteiger partial charge in [0, 0.05) is 13.0 Å². The van der Waals surface area contributed by atoms with Gasteiger partial charge in [-0.25, -0.2) is 4.79 Å². The average molecular weight is 372 g/mol. The second-order valence-corrected chi connectivity index (χ2v) is 6.56. The van der Waals surface area contributed by atoms with Crippen LogP contribution in [0.3, 0.4) is 0 Å². The highest BCUT2D eigenvalue weighted by atomic mass is 16.5. The molecule has 0 spiro atoms. The fraction of sp³-hybridized carbons (Fsp3) is 0.364. The fourth-order valence-electron chi connectivity index (χ4n) is 2.48. The van der Waals surface area contributed by atoms with Gasteiger partial charge in [0.25, 0.3) is 0 Å². The molecule has 1 rings (SSSR count). The molecule has 0 aliphatic carbocycles. The molecule has 1 aromatic rings. The zero-order valence-corrected chi connectivity index (χ0v) is 16.7. The minimum atomic E-state index is -0.990. The summed E-state index contributed by atoms with van der Waals surface area (Å²) < 4.78 is 10.6. The Labute approximate surface area is 161 Å². The molecule has 0 bridgehead atoms. The molecular formula is C22H28O5. The molecule has 0 atom stereocenters. The van der Waals surface area contributed by atoms with Crippen molar-refractivity contribution in [1.29, 1.82) is 0 Å². The van der Waals surface area contributed by atoms with Gasteiger partial charge in [-0.1, -0.05) is 17.7 Å². The number of aliphatic carboxylic acids is 1. The Bertz CT molecular complexity index is 765. The number of ether oxygens (including phenoxy) is 2. The molecule has 146 valence electrons. The second kappa shape index (κ2) is 11.0. The SMILES string of the molecule is COc1c(CC=C(C)C)cc(/C=C/C(=O)O)cc1C/C=C(/C)COC(C)=O. The van der Waals surface area contributed by atoms with E-state index in [1.807, 2.05) is 39.0 Å². The molecule has 0 unspecified atom stereocenters. The van der Waals surface area contributed by atoms with Gasteiger partial charge >= 0.3 is 11.9 Å². The number of rotatable bonds is 9.